The van der Waals surface area contributed by atoms with E-state index in [1.807, 2.05) is 25.1 Å². The molecule has 16 heavy (non-hydrogen) atoms. The normalized spacial score (nSPS) is 12.1. The van der Waals surface area contributed by atoms with Crippen LogP contribution in [0, 0.1) is 11.3 Å². The van der Waals surface area contributed by atoms with Crippen LogP contribution in [0.1, 0.15) is 24.4 Å². The number of nitrogens with zero attached hydrogens (tertiary/aromatic N) is 4. The molecule has 0 bridgehead atoms. The summed E-state index contributed by atoms with van der Waals surface area (Å²) in [4.78, 5) is 8.18. The van der Waals surface area contributed by atoms with Gasteiger partial charge in [0, 0.05) is 30.2 Å². The van der Waals surface area contributed by atoms with E-state index >= 15 is 0 Å². The summed E-state index contributed by atoms with van der Waals surface area (Å²) in [6, 6.07) is 5.59. The minimum Gasteiger partial charge on any atom is -0.324 e. The molecule has 0 aliphatic heterocycles. The Hall–Kier alpha value is -2.19. The molecule has 0 fully saturated rings. The van der Waals surface area contributed by atoms with Crippen LogP contribution < -0.4 is 5.73 Å². The van der Waals surface area contributed by atoms with Crippen molar-refractivity contribution in [2.75, 3.05) is 0 Å². The first kappa shape index (κ1) is 10.3. The van der Waals surface area contributed by atoms with Gasteiger partial charge in [0.2, 0.25) is 5.82 Å². The minimum atomic E-state index is -0.141. The van der Waals surface area contributed by atoms with Crippen molar-refractivity contribution in [1.82, 2.24) is 14.5 Å². The number of hydrogen-bond acceptors (Lipinski definition) is 4. The summed E-state index contributed by atoms with van der Waals surface area (Å²) in [6.45, 7) is 1.88. The van der Waals surface area contributed by atoms with Crippen molar-refractivity contribution in [3.63, 3.8) is 0 Å². The predicted molar refractivity (Wildman–Crippen MR) is 58.7 cm³/mol. The summed E-state index contributed by atoms with van der Waals surface area (Å²) in [5.41, 5.74) is 6.74. The summed E-state index contributed by atoms with van der Waals surface area (Å²) < 4.78 is 1.64. The van der Waals surface area contributed by atoms with Crippen molar-refractivity contribution in [3.05, 3.63) is 42.1 Å². The molecular weight excluding hydrogens is 202 g/mol. The smallest absolute Gasteiger partial charge is 0.218 e. The topological polar surface area (TPSA) is 80.5 Å². The number of imidazole rings is 1. The lowest BCUT2D eigenvalue weighted by atomic mass is 10.1. The van der Waals surface area contributed by atoms with E-state index in [1.54, 1.807) is 23.2 Å². The fourth-order valence-electron chi connectivity index (χ4n) is 1.52. The van der Waals surface area contributed by atoms with Crippen LogP contribution in [0.15, 0.2) is 30.7 Å². The quantitative estimate of drug-likeness (QED) is 0.811. The third-order valence-corrected chi connectivity index (χ3v) is 2.28. The SMILES string of the molecule is C[C@H](N)c1cccnc1-n1ccnc1C#N. The Labute approximate surface area is 93.2 Å². The van der Waals surface area contributed by atoms with Gasteiger partial charge in [0.1, 0.15) is 11.9 Å². The highest BCUT2D eigenvalue weighted by Crippen LogP contribution is 2.18. The van der Waals surface area contributed by atoms with E-state index < -0.39 is 0 Å². The highest BCUT2D eigenvalue weighted by atomic mass is 15.1. The molecule has 1 atom stereocenters. The van der Waals surface area contributed by atoms with Crippen LogP contribution in [0.25, 0.3) is 5.82 Å². The van der Waals surface area contributed by atoms with Crippen LogP contribution in [0.5, 0.6) is 0 Å². The van der Waals surface area contributed by atoms with Gasteiger partial charge in [0.25, 0.3) is 0 Å². The van der Waals surface area contributed by atoms with Gasteiger partial charge in [-0.1, -0.05) is 6.07 Å². The first-order chi connectivity index (χ1) is 7.74. The molecule has 0 radical (unpaired) electrons. The van der Waals surface area contributed by atoms with Crippen LogP contribution in [0.4, 0.5) is 0 Å². The average molecular weight is 213 g/mol. The molecular formula is C11H11N5. The van der Waals surface area contributed by atoms with Gasteiger partial charge in [-0.2, -0.15) is 5.26 Å². The van der Waals surface area contributed by atoms with E-state index in [9.17, 15) is 0 Å². The molecule has 2 aromatic heterocycles. The molecule has 2 aromatic rings. The van der Waals surface area contributed by atoms with Crippen molar-refractivity contribution in [2.24, 2.45) is 5.73 Å². The minimum absolute atomic E-state index is 0.141. The second-order valence-electron chi connectivity index (χ2n) is 3.44. The second-order valence-corrected chi connectivity index (χ2v) is 3.44. The molecule has 2 rings (SSSR count). The Morgan fingerprint density at radius 1 is 1.44 bits per heavy atom. The molecule has 0 unspecified atom stereocenters. The Morgan fingerprint density at radius 3 is 2.94 bits per heavy atom. The first-order valence-corrected chi connectivity index (χ1v) is 4.88. The largest absolute Gasteiger partial charge is 0.324 e. The fraction of sp³-hybridized carbons (Fsp3) is 0.182. The molecule has 0 aromatic carbocycles. The maximum atomic E-state index is 8.91. The predicted octanol–water partition coefficient (Wildman–Crippen LogP) is 1.16. The van der Waals surface area contributed by atoms with Crippen LogP contribution in [-0.2, 0) is 0 Å². The number of pyridine rings is 1. The molecule has 0 spiro atoms. The summed E-state index contributed by atoms with van der Waals surface area (Å²) in [5.74, 6) is 0.965. The number of aromatic nitrogens is 3. The lowest BCUT2D eigenvalue weighted by Gasteiger charge is -2.11. The summed E-state index contributed by atoms with van der Waals surface area (Å²) in [7, 11) is 0. The van der Waals surface area contributed by atoms with Gasteiger partial charge in [-0.25, -0.2) is 9.97 Å². The zero-order valence-corrected chi connectivity index (χ0v) is 8.83. The van der Waals surface area contributed by atoms with Gasteiger partial charge in [0.05, 0.1) is 0 Å². The van der Waals surface area contributed by atoms with Crippen molar-refractivity contribution >= 4 is 0 Å². The van der Waals surface area contributed by atoms with E-state index in [0.717, 1.165) is 5.56 Å². The lowest BCUT2D eigenvalue weighted by Crippen LogP contribution is -2.11. The second kappa shape index (κ2) is 4.13. The molecule has 0 saturated heterocycles. The Kier molecular flexibility index (Phi) is 2.66. The zero-order chi connectivity index (χ0) is 11.5. The van der Waals surface area contributed by atoms with E-state index in [1.165, 1.54) is 0 Å². The highest BCUT2D eigenvalue weighted by molar-refractivity contribution is 5.38. The molecule has 5 heteroatoms. The number of rotatable bonds is 2. The number of hydrogen-bond donors (Lipinski definition) is 1. The van der Waals surface area contributed by atoms with Crippen LogP contribution in [-0.4, -0.2) is 14.5 Å². The summed E-state index contributed by atoms with van der Waals surface area (Å²) in [6.07, 6.45) is 4.94. The van der Waals surface area contributed by atoms with Crippen molar-refractivity contribution < 1.29 is 0 Å². The Morgan fingerprint density at radius 2 is 2.25 bits per heavy atom. The average Bonchev–Trinajstić information content (AvgIpc) is 2.76. The van der Waals surface area contributed by atoms with Gasteiger partial charge in [-0.05, 0) is 13.0 Å². The van der Waals surface area contributed by atoms with Crippen molar-refractivity contribution in [3.8, 4) is 11.9 Å². The third-order valence-electron chi connectivity index (χ3n) is 2.28. The summed E-state index contributed by atoms with van der Waals surface area (Å²) in [5, 5.41) is 8.91. The van der Waals surface area contributed by atoms with Crippen LogP contribution >= 0.6 is 0 Å². The molecule has 5 nitrogen and oxygen atoms in total. The van der Waals surface area contributed by atoms with E-state index in [2.05, 4.69) is 9.97 Å². The van der Waals surface area contributed by atoms with Crippen LogP contribution in [0.2, 0.25) is 0 Å². The fourth-order valence-corrected chi connectivity index (χ4v) is 1.52. The standard InChI is InChI=1S/C11H11N5/c1-8(13)9-3-2-4-15-11(9)16-6-5-14-10(16)7-12/h2-6,8H,13H2,1H3/t8-/m0/s1. The molecule has 80 valence electrons. The Balaban J connectivity index is 2.61. The molecule has 0 amide bonds. The van der Waals surface area contributed by atoms with Crippen LogP contribution in [0.3, 0.4) is 0 Å². The van der Waals surface area contributed by atoms with Crippen molar-refractivity contribution in [2.45, 2.75) is 13.0 Å². The number of nitriles is 1. The molecule has 0 aliphatic carbocycles. The van der Waals surface area contributed by atoms with Gasteiger partial charge >= 0.3 is 0 Å². The zero-order valence-electron chi connectivity index (χ0n) is 8.83. The first-order valence-electron chi connectivity index (χ1n) is 4.88. The monoisotopic (exact) mass is 213 g/mol. The molecule has 0 saturated carbocycles. The summed E-state index contributed by atoms with van der Waals surface area (Å²) >= 11 is 0. The number of nitrogens with two attached hydrogens (primary N) is 1. The molecule has 2 N–H and O–H groups in total. The van der Waals surface area contributed by atoms with E-state index in [4.69, 9.17) is 11.0 Å². The third kappa shape index (κ3) is 1.66. The highest BCUT2D eigenvalue weighted by Gasteiger charge is 2.12. The molecule has 0 aliphatic rings. The van der Waals surface area contributed by atoms with Gasteiger partial charge in [-0.15, -0.1) is 0 Å². The Bertz CT molecular complexity index is 535. The van der Waals surface area contributed by atoms with Gasteiger partial charge in [-0.3, -0.25) is 4.57 Å². The van der Waals surface area contributed by atoms with E-state index in [-0.39, 0.29) is 6.04 Å². The lowest BCUT2D eigenvalue weighted by molar-refractivity contribution is 0.788. The maximum absolute atomic E-state index is 8.91. The van der Waals surface area contributed by atoms with Gasteiger partial charge in [0.15, 0.2) is 0 Å². The van der Waals surface area contributed by atoms with Gasteiger partial charge < -0.3 is 5.73 Å². The van der Waals surface area contributed by atoms with Crippen molar-refractivity contribution in [1.29, 1.82) is 5.26 Å². The maximum Gasteiger partial charge on any atom is 0.218 e. The molecule has 2 heterocycles. The van der Waals surface area contributed by atoms with E-state index in [0.29, 0.717) is 11.6 Å².